The molecule has 0 amide bonds. The Morgan fingerprint density at radius 2 is 2.00 bits per heavy atom. The van der Waals surface area contributed by atoms with E-state index in [0.29, 0.717) is 0 Å². The molecule has 0 aliphatic carbocycles. The summed E-state index contributed by atoms with van der Waals surface area (Å²) in [4.78, 5) is 0. The van der Waals surface area contributed by atoms with E-state index in [4.69, 9.17) is 0 Å². The number of hydrogen-bond donors (Lipinski definition) is 2. The van der Waals surface area contributed by atoms with Gasteiger partial charge < -0.3 is 10.2 Å². The zero-order valence-corrected chi connectivity index (χ0v) is 8.35. The average Bonchev–Trinajstić information content (AvgIpc) is 2.28. The van der Waals surface area contributed by atoms with Gasteiger partial charge in [-0.2, -0.15) is 0 Å². The Morgan fingerprint density at radius 1 is 1.43 bits per heavy atom. The maximum atomic E-state index is 10.0. The second kappa shape index (κ2) is 4.40. The Kier molecular flexibility index (Phi) is 3.44. The summed E-state index contributed by atoms with van der Waals surface area (Å²) < 4.78 is 0. The maximum Gasteiger partial charge on any atom is 0.0899 e. The first-order valence-corrected chi connectivity index (χ1v) is 4.61. The van der Waals surface area contributed by atoms with E-state index in [1.54, 1.807) is 13.0 Å². The molecule has 2 heteroatoms. The van der Waals surface area contributed by atoms with Crippen molar-refractivity contribution in [2.45, 2.75) is 13.0 Å². The molecule has 0 aliphatic rings. The topological polar surface area (TPSA) is 40.5 Å². The van der Waals surface area contributed by atoms with Crippen molar-refractivity contribution >= 4 is 0 Å². The molecule has 14 heavy (non-hydrogen) atoms. The Hall–Kier alpha value is -1.12. The molecular formula is C12H16O2. The summed E-state index contributed by atoms with van der Waals surface area (Å²) in [7, 11) is 0. The SMILES string of the molecule is C=C[C@](C)(CO)[C@H](O)c1ccccc1. The molecule has 1 aromatic rings. The summed E-state index contributed by atoms with van der Waals surface area (Å²) in [6.45, 7) is 5.29. The van der Waals surface area contributed by atoms with Crippen LogP contribution in [0.2, 0.25) is 0 Å². The molecule has 2 N–H and O–H groups in total. The third-order valence-corrected chi connectivity index (χ3v) is 2.55. The number of benzene rings is 1. The number of aliphatic hydroxyl groups excluding tert-OH is 2. The van der Waals surface area contributed by atoms with E-state index >= 15 is 0 Å². The van der Waals surface area contributed by atoms with Crippen LogP contribution in [0.1, 0.15) is 18.6 Å². The summed E-state index contributed by atoms with van der Waals surface area (Å²) >= 11 is 0. The van der Waals surface area contributed by atoms with Gasteiger partial charge in [-0.15, -0.1) is 6.58 Å². The monoisotopic (exact) mass is 192 g/mol. The van der Waals surface area contributed by atoms with Crippen LogP contribution in [0, 0.1) is 5.41 Å². The maximum absolute atomic E-state index is 10.0. The normalized spacial score (nSPS) is 17.1. The summed E-state index contributed by atoms with van der Waals surface area (Å²) in [5.74, 6) is 0. The highest BCUT2D eigenvalue weighted by molar-refractivity contribution is 5.21. The molecule has 0 saturated carbocycles. The van der Waals surface area contributed by atoms with Crippen LogP contribution < -0.4 is 0 Å². The van der Waals surface area contributed by atoms with Gasteiger partial charge in [-0.1, -0.05) is 43.3 Å². The van der Waals surface area contributed by atoms with Crippen LogP contribution in [0.5, 0.6) is 0 Å². The molecule has 0 unspecified atom stereocenters. The largest absolute Gasteiger partial charge is 0.395 e. The van der Waals surface area contributed by atoms with Gasteiger partial charge in [-0.25, -0.2) is 0 Å². The van der Waals surface area contributed by atoms with Crippen LogP contribution in [0.4, 0.5) is 0 Å². The van der Waals surface area contributed by atoms with E-state index in [9.17, 15) is 10.2 Å². The first kappa shape index (κ1) is 11.0. The lowest BCUT2D eigenvalue weighted by Crippen LogP contribution is -2.27. The van der Waals surface area contributed by atoms with Gasteiger partial charge in [0.25, 0.3) is 0 Å². The standard InChI is InChI=1S/C12H16O2/c1-3-12(2,9-13)11(14)10-7-5-4-6-8-10/h3-8,11,13-14H,1,9H2,2H3/t11-,12-/m1/s1. The van der Waals surface area contributed by atoms with Gasteiger partial charge in [-0.05, 0) is 5.56 Å². The van der Waals surface area contributed by atoms with Gasteiger partial charge in [0.05, 0.1) is 12.7 Å². The molecule has 0 aliphatic heterocycles. The fourth-order valence-corrected chi connectivity index (χ4v) is 1.28. The summed E-state index contributed by atoms with van der Waals surface area (Å²) in [6.07, 6.45) is 0.871. The highest BCUT2D eigenvalue weighted by Gasteiger charge is 2.30. The van der Waals surface area contributed by atoms with E-state index in [-0.39, 0.29) is 6.61 Å². The number of hydrogen-bond acceptors (Lipinski definition) is 2. The zero-order valence-electron chi connectivity index (χ0n) is 8.35. The molecule has 76 valence electrons. The lowest BCUT2D eigenvalue weighted by molar-refractivity contribution is 0.0270. The quantitative estimate of drug-likeness (QED) is 0.715. The Balaban J connectivity index is 2.94. The molecule has 1 rings (SSSR count). The Bertz CT molecular complexity index is 294. The van der Waals surface area contributed by atoms with E-state index < -0.39 is 11.5 Å². The molecule has 0 saturated heterocycles. The van der Waals surface area contributed by atoms with Crippen molar-refractivity contribution in [3.05, 3.63) is 48.6 Å². The van der Waals surface area contributed by atoms with Crippen LogP contribution in [0.15, 0.2) is 43.0 Å². The van der Waals surface area contributed by atoms with Crippen LogP contribution in [0.25, 0.3) is 0 Å². The summed E-state index contributed by atoms with van der Waals surface area (Å²) in [5, 5.41) is 19.2. The minimum absolute atomic E-state index is 0.118. The molecule has 1 aromatic carbocycles. The fourth-order valence-electron chi connectivity index (χ4n) is 1.28. The van der Waals surface area contributed by atoms with Crippen molar-refractivity contribution in [1.29, 1.82) is 0 Å². The van der Waals surface area contributed by atoms with E-state index in [1.165, 1.54) is 0 Å². The van der Waals surface area contributed by atoms with Crippen LogP contribution in [-0.2, 0) is 0 Å². The third-order valence-electron chi connectivity index (χ3n) is 2.55. The smallest absolute Gasteiger partial charge is 0.0899 e. The predicted molar refractivity (Wildman–Crippen MR) is 56.8 cm³/mol. The van der Waals surface area contributed by atoms with Crippen LogP contribution in [-0.4, -0.2) is 16.8 Å². The Labute approximate surface area is 84.5 Å². The predicted octanol–water partition coefficient (Wildman–Crippen LogP) is 1.90. The first-order valence-electron chi connectivity index (χ1n) is 4.61. The number of aliphatic hydroxyl groups is 2. The lowest BCUT2D eigenvalue weighted by atomic mass is 9.82. The van der Waals surface area contributed by atoms with Gasteiger partial charge in [0, 0.05) is 5.41 Å². The third kappa shape index (κ3) is 2.03. The summed E-state index contributed by atoms with van der Waals surface area (Å²) in [6, 6.07) is 9.28. The molecule has 0 radical (unpaired) electrons. The molecule has 0 bridgehead atoms. The van der Waals surface area contributed by atoms with Gasteiger partial charge in [0.15, 0.2) is 0 Å². The zero-order chi connectivity index (χ0) is 10.6. The second-order valence-corrected chi connectivity index (χ2v) is 3.68. The minimum atomic E-state index is -0.716. The fraction of sp³-hybridized carbons (Fsp3) is 0.333. The molecule has 0 fully saturated rings. The lowest BCUT2D eigenvalue weighted by Gasteiger charge is -2.29. The van der Waals surface area contributed by atoms with Crippen molar-refractivity contribution in [1.82, 2.24) is 0 Å². The van der Waals surface area contributed by atoms with Crippen molar-refractivity contribution < 1.29 is 10.2 Å². The van der Waals surface area contributed by atoms with Gasteiger partial charge in [-0.3, -0.25) is 0 Å². The van der Waals surface area contributed by atoms with Crippen molar-refractivity contribution in [3.63, 3.8) is 0 Å². The van der Waals surface area contributed by atoms with Crippen LogP contribution in [0.3, 0.4) is 0 Å². The van der Waals surface area contributed by atoms with Crippen molar-refractivity contribution in [2.24, 2.45) is 5.41 Å². The van der Waals surface area contributed by atoms with Crippen molar-refractivity contribution in [3.8, 4) is 0 Å². The van der Waals surface area contributed by atoms with Gasteiger partial charge in [0.1, 0.15) is 0 Å². The average molecular weight is 192 g/mol. The molecule has 2 atom stereocenters. The highest BCUT2D eigenvalue weighted by Crippen LogP contribution is 2.33. The minimum Gasteiger partial charge on any atom is -0.395 e. The van der Waals surface area contributed by atoms with E-state index in [1.807, 2.05) is 30.3 Å². The van der Waals surface area contributed by atoms with E-state index in [0.717, 1.165) is 5.56 Å². The van der Waals surface area contributed by atoms with E-state index in [2.05, 4.69) is 6.58 Å². The summed E-state index contributed by atoms with van der Waals surface area (Å²) in [5.41, 5.74) is 0.116. The first-order chi connectivity index (χ1) is 6.64. The molecular weight excluding hydrogens is 176 g/mol. The molecule has 2 nitrogen and oxygen atoms in total. The Morgan fingerprint density at radius 3 is 2.43 bits per heavy atom. The molecule has 0 heterocycles. The van der Waals surface area contributed by atoms with Gasteiger partial charge >= 0.3 is 0 Å². The van der Waals surface area contributed by atoms with Crippen LogP contribution >= 0.6 is 0 Å². The highest BCUT2D eigenvalue weighted by atomic mass is 16.3. The number of rotatable bonds is 4. The van der Waals surface area contributed by atoms with Gasteiger partial charge in [0.2, 0.25) is 0 Å². The molecule has 0 aromatic heterocycles. The second-order valence-electron chi connectivity index (χ2n) is 3.68. The van der Waals surface area contributed by atoms with Crippen molar-refractivity contribution in [2.75, 3.05) is 6.61 Å². The molecule has 0 spiro atoms.